The maximum Gasteiger partial charge on any atom is 0.377 e. The van der Waals surface area contributed by atoms with Crippen LogP contribution in [0.5, 0.6) is 5.75 Å². The SMILES string of the molecule is C/C=C(\C(OC)=C(/C)C(=O)O)N(CC)C(=O)n1nnn(-c2ccccc2OC)c1=O. The third-order valence-corrected chi connectivity index (χ3v) is 4.29. The standard InChI is InChI=1S/C19H23N5O6/c1-6-13(16(30-5)12(3)17(25)26)22(7-2)18(27)24-19(28)23(20-21-24)14-10-8-9-11-15(14)29-4/h6,8-11H,7H2,1-5H3,(H,25,26)/b13-6+,16-12-. The number of amides is 1. The fraction of sp³-hybridized carbons (Fsp3) is 0.316. The van der Waals surface area contributed by atoms with Crippen LogP contribution in [0.15, 0.2) is 52.2 Å². The van der Waals surface area contributed by atoms with Gasteiger partial charge in [0.25, 0.3) is 0 Å². The number of tetrazole rings is 1. The van der Waals surface area contributed by atoms with E-state index in [9.17, 15) is 19.5 Å². The second-order valence-electron chi connectivity index (χ2n) is 5.92. The van der Waals surface area contributed by atoms with Crippen molar-refractivity contribution in [3.8, 4) is 11.4 Å². The Kier molecular flexibility index (Phi) is 7.13. The van der Waals surface area contributed by atoms with E-state index < -0.39 is 17.7 Å². The van der Waals surface area contributed by atoms with Crippen molar-refractivity contribution in [3.63, 3.8) is 0 Å². The highest BCUT2D eigenvalue weighted by atomic mass is 16.5. The molecule has 1 amide bonds. The van der Waals surface area contributed by atoms with Gasteiger partial charge in [0.1, 0.15) is 11.4 Å². The van der Waals surface area contributed by atoms with Gasteiger partial charge in [-0.15, -0.1) is 4.68 Å². The number of allylic oxidation sites excluding steroid dienone is 1. The smallest absolute Gasteiger partial charge is 0.377 e. The molecule has 1 aromatic heterocycles. The van der Waals surface area contributed by atoms with Crippen LogP contribution in [-0.2, 0) is 9.53 Å². The fourth-order valence-corrected chi connectivity index (χ4v) is 2.80. The molecule has 0 saturated carbocycles. The molecule has 0 bridgehead atoms. The molecule has 11 heteroatoms. The van der Waals surface area contributed by atoms with Crippen LogP contribution in [0.3, 0.4) is 0 Å². The number of carboxylic acid groups (broad SMARTS) is 1. The molecule has 0 radical (unpaired) electrons. The molecule has 1 N–H and O–H groups in total. The Bertz CT molecular complexity index is 1070. The van der Waals surface area contributed by atoms with Crippen molar-refractivity contribution >= 4 is 12.0 Å². The van der Waals surface area contributed by atoms with Crippen LogP contribution in [0.4, 0.5) is 4.79 Å². The summed E-state index contributed by atoms with van der Waals surface area (Å²) in [6.45, 7) is 4.76. The summed E-state index contributed by atoms with van der Waals surface area (Å²) in [7, 11) is 2.74. The number of hydrogen-bond donors (Lipinski definition) is 1. The Morgan fingerprint density at radius 3 is 2.43 bits per heavy atom. The summed E-state index contributed by atoms with van der Waals surface area (Å²) in [5.41, 5.74) is -0.403. The first-order chi connectivity index (χ1) is 14.3. The second kappa shape index (κ2) is 9.54. The minimum atomic E-state index is -1.20. The molecule has 0 unspecified atom stereocenters. The highest BCUT2D eigenvalue weighted by Gasteiger charge is 2.27. The molecule has 0 aliphatic heterocycles. The predicted molar refractivity (Wildman–Crippen MR) is 106 cm³/mol. The van der Waals surface area contributed by atoms with Gasteiger partial charge in [0.05, 0.1) is 25.5 Å². The number of nitrogens with zero attached hydrogens (tertiary/aromatic N) is 5. The lowest BCUT2D eigenvalue weighted by molar-refractivity contribution is -0.132. The van der Waals surface area contributed by atoms with Crippen molar-refractivity contribution in [2.75, 3.05) is 20.8 Å². The number of carbonyl (C=O) groups is 2. The number of likely N-dealkylation sites (N-methyl/N-ethyl adjacent to an activating group) is 1. The van der Waals surface area contributed by atoms with Gasteiger partial charge in [-0.2, -0.15) is 4.68 Å². The lowest BCUT2D eigenvalue weighted by Gasteiger charge is -2.24. The average Bonchev–Trinajstić information content (AvgIpc) is 3.13. The van der Waals surface area contributed by atoms with E-state index >= 15 is 0 Å². The zero-order chi connectivity index (χ0) is 22.4. The molecule has 0 saturated heterocycles. The predicted octanol–water partition coefficient (Wildman–Crippen LogP) is 1.64. The quantitative estimate of drug-likeness (QED) is 0.312. The average molecular weight is 417 g/mol. The van der Waals surface area contributed by atoms with Crippen LogP contribution in [0.25, 0.3) is 5.69 Å². The highest BCUT2D eigenvalue weighted by Crippen LogP contribution is 2.22. The number of ether oxygens (including phenoxy) is 2. The van der Waals surface area contributed by atoms with E-state index in [4.69, 9.17) is 9.47 Å². The molecule has 11 nitrogen and oxygen atoms in total. The number of carboxylic acids is 1. The van der Waals surface area contributed by atoms with Crippen LogP contribution in [0.1, 0.15) is 20.8 Å². The van der Waals surface area contributed by atoms with Crippen molar-refractivity contribution in [3.05, 3.63) is 57.9 Å². The van der Waals surface area contributed by atoms with Crippen molar-refractivity contribution in [1.29, 1.82) is 0 Å². The number of aromatic nitrogens is 4. The number of para-hydroxylation sites is 2. The first kappa shape index (κ1) is 22.4. The molecule has 0 aliphatic carbocycles. The fourth-order valence-electron chi connectivity index (χ4n) is 2.80. The monoisotopic (exact) mass is 417 g/mol. The topological polar surface area (TPSA) is 129 Å². The van der Waals surface area contributed by atoms with E-state index in [1.807, 2.05) is 0 Å². The van der Waals surface area contributed by atoms with Crippen molar-refractivity contribution < 1.29 is 24.2 Å². The van der Waals surface area contributed by atoms with Gasteiger partial charge in [0.15, 0.2) is 5.76 Å². The van der Waals surface area contributed by atoms with Crippen LogP contribution >= 0.6 is 0 Å². The normalized spacial score (nSPS) is 12.2. The van der Waals surface area contributed by atoms with Crippen LogP contribution in [-0.4, -0.2) is 62.6 Å². The molecule has 160 valence electrons. The lowest BCUT2D eigenvalue weighted by Crippen LogP contribution is -2.41. The van der Waals surface area contributed by atoms with Crippen molar-refractivity contribution in [1.82, 2.24) is 24.7 Å². The Morgan fingerprint density at radius 1 is 1.23 bits per heavy atom. The Hall–Kier alpha value is -3.89. The molecule has 0 fully saturated rings. The highest BCUT2D eigenvalue weighted by molar-refractivity contribution is 5.88. The maximum atomic E-state index is 13.1. The largest absolute Gasteiger partial charge is 0.494 e. The molecular weight excluding hydrogens is 394 g/mol. The van der Waals surface area contributed by atoms with Gasteiger partial charge in [-0.25, -0.2) is 14.4 Å². The molecule has 2 rings (SSSR count). The summed E-state index contributed by atoms with van der Waals surface area (Å²) in [6.07, 6.45) is 1.52. The molecular formula is C19H23N5O6. The zero-order valence-electron chi connectivity index (χ0n) is 17.3. The molecule has 0 aliphatic rings. The first-order valence-electron chi connectivity index (χ1n) is 8.97. The van der Waals surface area contributed by atoms with Gasteiger partial charge in [0.2, 0.25) is 0 Å². The third kappa shape index (κ3) is 4.09. The second-order valence-corrected chi connectivity index (χ2v) is 5.92. The summed E-state index contributed by atoms with van der Waals surface area (Å²) < 4.78 is 12.0. The van der Waals surface area contributed by atoms with Gasteiger partial charge in [0, 0.05) is 6.54 Å². The minimum Gasteiger partial charge on any atom is -0.494 e. The van der Waals surface area contributed by atoms with E-state index in [1.165, 1.54) is 32.1 Å². The molecule has 1 heterocycles. The van der Waals surface area contributed by atoms with Gasteiger partial charge < -0.3 is 14.6 Å². The van der Waals surface area contributed by atoms with Gasteiger partial charge in [-0.05, 0) is 43.3 Å². The van der Waals surface area contributed by atoms with E-state index in [-0.39, 0.29) is 23.6 Å². The maximum absolute atomic E-state index is 13.1. The van der Waals surface area contributed by atoms with Crippen molar-refractivity contribution in [2.24, 2.45) is 0 Å². The Morgan fingerprint density at radius 2 is 1.90 bits per heavy atom. The van der Waals surface area contributed by atoms with E-state index in [0.717, 1.165) is 4.68 Å². The Labute approximate surface area is 172 Å². The number of carbonyl (C=O) groups excluding carboxylic acids is 1. The van der Waals surface area contributed by atoms with E-state index in [1.54, 1.807) is 38.1 Å². The van der Waals surface area contributed by atoms with Crippen LogP contribution < -0.4 is 10.4 Å². The lowest BCUT2D eigenvalue weighted by atomic mass is 10.2. The summed E-state index contributed by atoms with van der Waals surface area (Å²) in [4.78, 5) is 38.5. The summed E-state index contributed by atoms with van der Waals surface area (Å²) >= 11 is 0. The van der Waals surface area contributed by atoms with Crippen LogP contribution in [0, 0.1) is 0 Å². The number of rotatable bonds is 7. The number of hydrogen-bond acceptors (Lipinski definition) is 7. The molecule has 1 aromatic carbocycles. The minimum absolute atomic E-state index is 0.00892. The number of aliphatic carboxylic acids is 1. The summed E-state index contributed by atoms with van der Waals surface area (Å²) in [6, 6.07) is 5.84. The van der Waals surface area contributed by atoms with Crippen LogP contribution in [0.2, 0.25) is 0 Å². The first-order valence-corrected chi connectivity index (χ1v) is 8.97. The zero-order valence-corrected chi connectivity index (χ0v) is 17.3. The molecule has 2 aromatic rings. The third-order valence-electron chi connectivity index (χ3n) is 4.29. The molecule has 30 heavy (non-hydrogen) atoms. The van der Waals surface area contributed by atoms with E-state index in [0.29, 0.717) is 16.1 Å². The summed E-state index contributed by atoms with van der Waals surface area (Å²) in [5.74, 6) is -0.832. The van der Waals surface area contributed by atoms with E-state index in [2.05, 4.69) is 10.4 Å². The summed E-state index contributed by atoms with van der Waals surface area (Å²) in [5, 5.41) is 16.8. The van der Waals surface area contributed by atoms with Gasteiger partial charge >= 0.3 is 17.7 Å². The van der Waals surface area contributed by atoms with Gasteiger partial charge in [-0.3, -0.25) is 4.90 Å². The molecule has 0 spiro atoms. The number of benzene rings is 1. The van der Waals surface area contributed by atoms with Crippen molar-refractivity contribution in [2.45, 2.75) is 20.8 Å². The van der Waals surface area contributed by atoms with Gasteiger partial charge in [-0.1, -0.05) is 18.2 Å². The Balaban J connectivity index is 2.54. The molecule has 0 atom stereocenters. The number of methoxy groups -OCH3 is 2.